The number of hydrogen-bond acceptors (Lipinski definition) is 3. The average Bonchev–Trinajstić information content (AvgIpc) is 2.30. The highest BCUT2D eigenvalue weighted by Gasteiger charge is 2.54. The molecule has 2 rings (SSSR count). The lowest BCUT2D eigenvalue weighted by molar-refractivity contribution is -0.112. The van der Waals surface area contributed by atoms with Gasteiger partial charge in [0.2, 0.25) is 0 Å². The summed E-state index contributed by atoms with van der Waals surface area (Å²) >= 11 is 0. The van der Waals surface area contributed by atoms with Crippen molar-refractivity contribution >= 4 is 9.47 Å². The summed E-state index contributed by atoms with van der Waals surface area (Å²) in [4.78, 5) is 0. The number of ether oxygens (including phenoxy) is 2. The van der Waals surface area contributed by atoms with Gasteiger partial charge in [0.15, 0.2) is 0 Å². The summed E-state index contributed by atoms with van der Waals surface area (Å²) in [5.41, 5.74) is -0.524. The second-order valence-electron chi connectivity index (χ2n) is 3.62. The van der Waals surface area contributed by atoms with Crippen molar-refractivity contribution in [2.45, 2.75) is 31.6 Å². The Balaban J connectivity index is 2.24. The minimum Gasteiger partial charge on any atom is -0.378 e. The molecule has 2 aliphatic heterocycles. The van der Waals surface area contributed by atoms with Gasteiger partial charge in [0.1, 0.15) is 5.60 Å². The van der Waals surface area contributed by atoms with Gasteiger partial charge >= 0.3 is 0 Å². The van der Waals surface area contributed by atoms with E-state index in [0.29, 0.717) is 13.2 Å². The van der Waals surface area contributed by atoms with Crippen LogP contribution in [0.2, 0.25) is 0 Å². The fourth-order valence-electron chi connectivity index (χ4n) is 2.09. The summed E-state index contributed by atoms with van der Waals surface area (Å²) in [5.74, 6) is 0.275. The van der Waals surface area contributed by atoms with Gasteiger partial charge in [0.05, 0.1) is 25.4 Å². The lowest BCUT2D eigenvalue weighted by atomic mass is 9.89. The molecule has 0 amide bonds. The lowest BCUT2D eigenvalue weighted by Gasteiger charge is -2.34. The molecule has 0 aliphatic carbocycles. The third-order valence-electron chi connectivity index (χ3n) is 2.73. The van der Waals surface area contributed by atoms with E-state index in [1.165, 1.54) is 0 Å². The van der Waals surface area contributed by atoms with E-state index in [-0.39, 0.29) is 25.0 Å². The van der Waals surface area contributed by atoms with Crippen molar-refractivity contribution < 1.29 is 15.4 Å². The molecule has 0 aromatic carbocycles. The molecule has 0 spiro atoms. The van der Waals surface area contributed by atoms with E-state index in [1.54, 1.807) is 0 Å². The third kappa shape index (κ3) is 1.12. The van der Waals surface area contributed by atoms with Gasteiger partial charge in [-0.15, -0.1) is 0 Å². The average molecular weight is 191 g/mol. The normalized spacial score (nSPS) is 53.8. The van der Waals surface area contributed by atoms with Gasteiger partial charge in [0, 0.05) is 16.8 Å². The molecule has 4 heteroatoms. The maximum atomic E-state index is 7.50. The Hall–Kier alpha value is 0.310. The van der Waals surface area contributed by atoms with Crippen LogP contribution in [0.1, 0.15) is 15.2 Å². The first-order valence-electron chi connectivity index (χ1n) is 4.84. The van der Waals surface area contributed by atoms with E-state index in [2.05, 4.69) is 9.47 Å². The van der Waals surface area contributed by atoms with E-state index in [9.17, 15) is 0 Å². The molecule has 3 unspecified atom stereocenters. The van der Waals surface area contributed by atoms with E-state index in [1.807, 2.05) is 6.92 Å². The fraction of sp³-hybridized carbons (Fsp3) is 1.00. The summed E-state index contributed by atoms with van der Waals surface area (Å²) < 4.78 is 24.0. The van der Waals surface area contributed by atoms with Crippen LogP contribution in [0.25, 0.3) is 0 Å². The van der Waals surface area contributed by atoms with Gasteiger partial charge in [-0.2, -0.15) is 0 Å². The van der Waals surface area contributed by atoms with Crippen LogP contribution in [0.5, 0.6) is 0 Å². The molecule has 12 heavy (non-hydrogen) atoms. The van der Waals surface area contributed by atoms with E-state index >= 15 is 0 Å². The highest BCUT2D eigenvalue weighted by molar-refractivity contribution is 7.09. The first-order chi connectivity index (χ1) is 6.23. The van der Waals surface area contributed by atoms with Crippen molar-refractivity contribution in [2.75, 3.05) is 13.2 Å². The van der Waals surface area contributed by atoms with Crippen LogP contribution in [0.3, 0.4) is 0 Å². The molecule has 5 atom stereocenters. The molecule has 0 radical (unpaired) electrons. The molecule has 70 valence electrons. The Morgan fingerprint density at radius 3 is 3.17 bits per heavy atom. The Labute approximate surface area is 76.4 Å². The third-order valence-corrected chi connectivity index (χ3v) is 3.03. The predicted molar refractivity (Wildman–Crippen MR) is 47.8 cm³/mol. The highest BCUT2D eigenvalue weighted by Crippen LogP contribution is 2.41. The molecule has 0 saturated carbocycles. The first-order valence-corrected chi connectivity index (χ1v) is 4.61. The molecule has 0 aromatic heterocycles. The molecular formula is C8H15O3P. The number of hydrogen-bond donors (Lipinski definition) is 0. The molecule has 3 nitrogen and oxygen atoms in total. The van der Waals surface area contributed by atoms with Crippen LogP contribution in [0.15, 0.2) is 0 Å². The maximum Gasteiger partial charge on any atom is 0.116 e. The number of fused-ring (bicyclic) bond motifs is 2. The quantitative estimate of drug-likeness (QED) is 0.578. The lowest BCUT2D eigenvalue weighted by Crippen LogP contribution is -2.48. The Morgan fingerprint density at radius 1 is 1.75 bits per heavy atom. The first kappa shape index (κ1) is 7.69. The monoisotopic (exact) mass is 191 g/mol. The topological polar surface area (TPSA) is 27.7 Å². The second kappa shape index (κ2) is 2.91. The zero-order chi connectivity index (χ0) is 9.47. The largest absolute Gasteiger partial charge is 0.378 e. The molecular weight excluding hydrogens is 175 g/mol. The molecule has 2 saturated heterocycles. The SMILES string of the molecule is [2H]CC12COC[C@H](C(C)O1)[C@H]2OP. The standard InChI is InChI=1S/C8H15O3P/c1-5-6-3-9-4-8(2,10-5)7(6)11-12/h5-7H,3-4,12H2,1-2H3/t5?,6-,7-,8?/m1/s1/i2D. The summed E-state index contributed by atoms with van der Waals surface area (Å²) in [6, 6.07) is 0. The van der Waals surface area contributed by atoms with Crippen molar-refractivity contribution in [2.24, 2.45) is 5.92 Å². The molecule has 2 heterocycles. The van der Waals surface area contributed by atoms with E-state index in [4.69, 9.17) is 15.4 Å². The van der Waals surface area contributed by atoms with Crippen LogP contribution < -0.4 is 0 Å². The zero-order valence-electron chi connectivity index (χ0n) is 8.16. The maximum absolute atomic E-state index is 7.50. The minimum atomic E-state index is -0.524. The van der Waals surface area contributed by atoms with Crippen molar-refractivity contribution in [3.63, 3.8) is 0 Å². The summed E-state index contributed by atoms with van der Waals surface area (Å²) in [7, 11) is 2.28. The van der Waals surface area contributed by atoms with Crippen LogP contribution in [-0.4, -0.2) is 31.0 Å². The highest BCUT2D eigenvalue weighted by atomic mass is 31.0. The molecule has 2 bridgehead atoms. The Bertz CT molecular complexity index is 204. The number of rotatable bonds is 1. The fourth-order valence-corrected chi connectivity index (χ4v) is 2.54. The van der Waals surface area contributed by atoms with E-state index < -0.39 is 5.60 Å². The van der Waals surface area contributed by atoms with Gasteiger partial charge in [-0.1, -0.05) is 0 Å². The van der Waals surface area contributed by atoms with Crippen LogP contribution in [0, 0.1) is 5.92 Å². The Morgan fingerprint density at radius 2 is 2.58 bits per heavy atom. The van der Waals surface area contributed by atoms with Gasteiger partial charge in [-0.25, -0.2) is 0 Å². The van der Waals surface area contributed by atoms with Crippen molar-refractivity contribution in [3.8, 4) is 0 Å². The smallest absolute Gasteiger partial charge is 0.116 e. The predicted octanol–water partition coefficient (Wildman–Crippen LogP) is 0.985. The van der Waals surface area contributed by atoms with Gasteiger partial charge in [-0.3, -0.25) is 0 Å². The summed E-state index contributed by atoms with van der Waals surface area (Å²) in [5, 5.41) is 0. The summed E-state index contributed by atoms with van der Waals surface area (Å²) in [6.45, 7) is 3.39. The minimum absolute atomic E-state index is 0.00116. The molecule has 2 aliphatic rings. The van der Waals surface area contributed by atoms with Crippen LogP contribution in [-0.2, 0) is 14.0 Å². The second-order valence-corrected chi connectivity index (χ2v) is 3.90. The van der Waals surface area contributed by atoms with Gasteiger partial charge in [0.25, 0.3) is 0 Å². The molecule has 0 N–H and O–H groups in total. The molecule has 0 aromatic rings. The van der Waals surface area contributed by atoms with Gasteiger partial charge < -0.3 is 14.0 Å². The van der Waals surface area contributed by atoms with Crippen molar-refractivity contribution in [1.29, 1.82) is 0 Å². The van der Waals surface area contributed by atoms with Gasteiger partial charge in [-0.05, 0) is 13.8 Å². The Kier molecular flexibility index (Phi) is 1.87. The van der Waals surface area contributed by atoms with Crippen LogP contribution >= 0.6 is 9.47 Å². The van der Waals surface area contributed by atoms with Crippen molar-refractivity contribution in [3.05, 3.63) is 0 Å². The summed E-state index contributed by atoms with van der Waals surface area (Å²) in [6.07, 6.45) is 0.136. The van der Waals surface area contributed by atoms with Crippen LogP contribution in [0.4, 0.5) is 0 Å². The van der Waals surface area contributed by atoms with Crippen molar-refractivity contribution in [1.82, 2.24) is 0 Å². The molecule has 2 fully saturated rings. The zero-order valence-corrected chi connectivity index (χ0v) is 8.31. The van der Waals surface area contributed by atoms with E-state index in [0.717, 1.165) is 0 Å².